The van der Waals surface area contributed by atoms with Crippen molar-refractivity contribution in [2.45, 2.75) is 51.7 Å². The van der Waals surface area contributed by atoms with E-state index in [1.807, 2.05) is 38.1 Å². The van der Waals surface area contributed by atoms with E-state index in [1.54, 1.807) is 0 Å². The molecule has 2 atom stereocenters. The van der Waals surface area contributed by atoms with Crippen LogP contribution in [0.4, 0.5) is 4.79 Å². The van der Waals surface area contributed by atoms with Crippen LogP contribution in [0.1, 0.15) is 51.5 Å². The van der Waals surface area contributed by atoms with Crippen LogP contribution in [-0.2, 0) is 15.3 Å². The molecule has 1 aliphatic heterocycles. The van der Waals surface area contributed by atoms with Crippen molar-refractivity contribution >= 4 is 21.1 Å². The van der Waals surface area contributed by atoms with Crippen LogP contribution in [0, 0.1) is 11.8 Å². The van der Waals surface area contributed by atoms with Gasteiger partial charge < -0.3 is 4.74 Å². The molecule has 26 heavy (non-hydrogen) atoms. The Hall–Kier alpha value is -1.55. The summed E-state index contributed by atoms with van der Waals surface area (Å²) in [6.07, 6.45) is 7.67. The van der Waals surface area contributed by atoms with Gasteiger partial charge in [0.05, 0.1) is 6.61 Å². The lowest BCUT2D eigenvalue weighted by Gasteiger charge is -2.46. The Morgan fingerprint density at radius 2 is 1.85 bits per heavy atom. The number of hydrogen-bond acceptors (Lipinski definition) is 3. The van der Waals surface area contributed by atoms with Crippen molar-refractivity contribution in [1.82, 2.24) is 0 Å². The minimum atomic E-state index is -1.83. The molecule has 0 spiro atoms. The Bertz CT molecular complexity index is 676. The molecule has 142 valence electrons. The zero-order valence-corrected chi connectivity index (χ0v) is 16.7. The third-order valence-electron chi connectivity index (χ3n) is 5.60. The Labute approximate surface area is 158 Å². The Kier molecular flexibility index (Phi) is 6.23. The molecule has 1 aromatic rings. The first-order chi connectivity index (χ1) is 12.6. The van der Waals surface area contributed by atoms with Gasteiger partial charge in [-0.3, -0.25) is 4.79 Å². The molecule has 1 aromatic carbocycles. The zero-order chi connectivity index (χ0) is 18.6. The predicted octanol–water partition coefficient (Wildman–Crippen LogP) is 5.83. The van der Waals surface area contributed by atoms with Crippen LogP contribution in [-0.4, -0.2) is 23.4 Å². The molecule has 3 rings (SSSR count). The number of carbonyl (C=O) groups is 2. The first kappa shape index (κ1) is 19.2. The molecule has 0 bridgehead atoms. The van der Waals surface area contributed by atoms with Gasteiger partial charge in [0.15, 0.2) is 5.78 Å². The molecule has 2 aliphatic rings. The molecule has 3 nitrogen and oxygen atoms in total. The fraction of sp³-hybridized carbons (Fsp3) is 0.545. The van der Waals surface area contributed by atoms with Crippen molar-refractivity contribution < 1.29 is 14.3 Å². The van der Waals surface area contributed by atoms with Gasteiger partial charge in [-0.15, -0.1) is 10.0 Å². The standard InChI is InChI=1S/C22H30O3S/c1-3-25-22(24)26(16-18-10-6-4-7-11-18)15-17(2)20(23)14-21(26)19-12-8-5-9-13-19/h4,6-7,10-11,14,17,19H,3,5,8-9,12-13,15-16H2,1-2H3. The second-order valence-corrected chi connectivity index (χ2v) is 10.7. The molecule has 0 radical (unpaired) electrons. The Morgan fingerprint density at radius 1 is 1.15 bits per heavy atom. The predicted molar refractivity (Wildman–Crippen MR) is 108 cm³/mol. The second kappa shape index (κ2) is 8.43. The van der Waals surface area contributed by atoms with Gasteiger partial charge in [0, 0.05) is 17.4 Å². The fourth-order valence-corrected chi connectivity index (χ4v) is 8.54. The molecule has 0 aromatic heterocycles. The molecule has 2 unspecified atom stereocenters. The SMILES string of the molecule is CCOC(=O)S1(Cc2ccccc2)CC(C)C(=O)C=C1C1CCCCC1. The van der Waals surface area contributed by atoms with Gasteiger partial charge in [0.25, 0.3) is 0 Å². The number of rotatable bonds is 4. The molecule has 1 heterocycles. The molecule has 0 N–H and O–H groups in total. The van der Waals surface area contributed by atoms with Crippen LogP contribution in [0.15, 0.2) is 41.3 Å². The molecular formula is C22H30O3S. The highest BCUT2D eigenvalue weighted by Gasteiger charge is 2.46. The summed E-state index contributed by atoms with van der Waals surface area (Å²) in [6, 6.07) is 10.2. The second-order valence-electron chi connectivity index (χ2n) is 7.55. The average molecular weight is 375 g/mol. The van der Waals surface area contributed by atoms with Crippen molar-refractivity contribution in [1.29, 1.82) is 0 Å². The van der Waals surface area contributed by atoms with Crippen molar-refractivity contribution in [3.63, 3.8) is 0 Å². The van der Waals surface area contributed by atoms with Gasteiger partial charge in [-0.2, -0.15) is 0 Å². The minimum absolute atomic E-state index is 0.0694. The van der Waals surface area contributed by atoms with E-state index in [-0.39, 0.29) is 17.0 Å². The monoisotopic (exact) mass is 374 g/mol. The highest BCUT2D eigenvalue weighted by Crippen LogP contribution is 2.65. The molecule has 1 aliphatic carbocycles. The Morgan fingerprint density at radius 3 is 2.50 bits per heavy atom. The summed E-state index contributed by atoms with van der Waals surface area (Å²) in [5.41, 5.74) is 1.17. The normalized spacial score (nSPS) is 29.5. The number of allylic oxidation sites excluding steroid dienone is 2. The third kappa shape index (κ3) is 3.90. The van der Waals surface area contributed by atoms with Crippen LogP contribution in [0.2, 0.25) is 0 Å². The van der Waals surface area contributed by atoms with E-state index in [2.05, 4.69) is 12.1 Å². The van der Waals surface area contributed by atoms with Gasteiger partial charge in [-0.25, -0.2) is 4.79 Å². The van der Waals surface area contributed by atoms with E-state index in [1.165, 1.54) is 24.8 Å². The van der Waals surface area contributed by atoms with Gasteiger partial charge in [0.2, 0.25) is 0 Å². The van der Waals surface area contributed by atoms with E-state index in [9.17, 15) is 9.59 Å². The largest absolute Gasteiger partial charge is 0.459 e. The van der Waals surface area contributed by atoms with Crippen LogP contribution >= 0.6 is 10.0 Å². The number of ether oxygens (including phenoxy) is 1. The fourth-order valence-electron chi connectivity index (χ4n) is 4.28. The number of carbonyl (C=O) groups excluding carboxylic acids is 2. The van der Waals surface area contributed by atoms with E-state index in [4.69, 9.17) is 4.74 Å². The summed E-state index contributed by atoms with van der Waals surface area (Å²) in [6.45, 7) is 4.22. The Balaban J connectivity index is 2.06. The first-order valence-corrected chi connectivity index (χ1v) is 11.8. The van der Waals surface area contributed by atoms with Gasteiger partial charge in [-0.1, -0.05) is 56.5 Å². The lowest BCUT2D eigenvalue weighted by atomic mass is 9.88. The molecule has 1 fully saturated rings. The summed E-state index contributed by atoms with van der Waals surface area (Å²) < 4.78 is 5.61. The summed E-state index contributed by atoms with van der Waals surface area (Å²) in [5, 5.41) is -0.0694. The van der Waals surface area contributed by atoms with E-state index in [0.29, 0.717) is 24.0 Å². The van der Waals surface area contributed by atoms with Gasteiger partial charge in [-0.05, 0) is 42.2 Å². The van der Waals surface area contributed by atoms with Crippen LogP contribution in [0.3, 0.4) is 0 Å². The van der Waals surface area contributed by atoms with Crippen LogP contribution in [0.5, 0.6) is 0 Å². The van der Waals surface area contributed by atoms with Crippen LogP contribution in [0.25, 0.3) is 0 Å². The maximum absolute atomic E-state index is 13.3. The quantitative estimate of drug-likeness (QED) is 0.623. The molecule has 0 amide bonds. The molecular weight excluding hydrogens is 344 g/mol. The van der Waals surface area contributed by atoms with Crippen molar-refractivity contribution in [3.8, 4) is 0 Å². The minimum Gasteiger partial charge on any atom is -0.459 e. The van der Waals surface area contributed by atoms with Crippen molar-refractivity contribution in [2.24, 2.45) is 11.8 Å². The maximum atomic E-state index is 13.3. The van der Waals surface area contributed by atoms with Crippen LogP contribution < -0.4 is 0 Å². The highest BCUT2D eigenvalue weighted by atomic mass is 32.3. The molecule has 0 saturated heterocycles. The lowest BCUT2D eigenvalue weighted by molar-refractivity contribution is -0.117. The van der Waals surface area contributed by atoms with E-state index >= 15 is 0 Å². The van der Waals surface area contributed by atoms with E-state index in [0.717, 1.165) is 17.7 Å². The topological polar surface area (TPSA) is 43.4 Å². The number of hydrogen-bond donors (Lipinski definition) is 0. The lowest BCUT2D eigenvalue weighted by Crippen LogP contribution is -2.34. The molecule has 1 saturated carbocycles. The highest BCUT2D eigenvalue weighted by molar-refractivity contribution is 8.47. The third-order valence-corrected chi connectivity index (χ3v) is 9.61. The first-order valence-electron chi connectivity index (χ1n) is 9.81. The van der Waals surface area contributed by atoms with Crippen molar-refractivity contribution in [3.05, 3.63) is 46.9 Å². The van der Waals surface area contributed by atoms with E-state index < -0.39 is 10.0 Å². The molecule has 4 heteroatoms. The van der Waals surface area contributed by atoms with Gasteiger partial charge in [0.1, 0.15) is 0 Å². The number of benzene rings is 1. The number of ketones is 1. The smallest absolute Gasteiger partial charge is 0.353 e. The zero-order valence-electron chi connectivity index (χ0n) is 15.9. The summed E-state index contributed by atoms with van der Waals surface area (Å²) in [4.78, 5) is 27.0. The maximum Gasteiger partial charge on any atom is 0.353 e. The summed E-state index contributed by atoms with van der Waals surface area (Å²) in [5.74, 6) is 1.79. The summed E-state index contributed by atoms with van der Waals surface area (Å²) >= 11 is 0. The average Bonchev–Trinajstić information content (AvgIpc) is 2.66. The summed E-state index contributed by atoms with van der Waals surface area (Å²) in [7, 11) is -1.83. The van der Waals surface area contributed by atoms with Gasteiger partial charge >= 0.3 is 5.30 Å². The van der Waals surface area contributed by atoms with Crippen molar-refractivity contribution in [2.75, 3.05) is 12.4 Å².